The number of rotatable bonds is 4. The zero-order valence-corrected chi connectivity index (χ0v) is 15.0. The fourth-order valence-corrected chi connectivity index (χ4v) is 3.10. The van der Waals surface area contributed by atoms with Crippen molar-refractivity contribution < 1.29 is 24.2 Å². The number of carboxylic acid groups (broad SMARTS) is 1. The Morgan fingerprint density at radius 1 is 1.25 bits per heavy atom. The van der Waals surface area contributed by atoms with Gasteiger partial charge in [0.25, 0.3) is 0 Å². The van der Waals surface area contributed by atoms with Gasteiger partial charge in [0.1, 0.15) is 16.8 Å². The van der Waals surface area contributed by atoms with Gasteiger partial charge in [0.05, 0.1) is 7.11 Å². The van der Waals surface area contributed by atoms with Crippen LogP contribution in [0.25, 0.3) is 0 Å². The first-order chi connectivity index (χ1) is 10.9. The summed E-state index contributed by atoms with van der Waals surface area (Å²) >= 11 is 0. The summed E-state index contributed by atoms with van der Waals surface area (Å²) < 4.78 is 10.6. The predicted molar refractivity (Wildman–Crippen MR) is 90.6 cm³/mol. The highest BCUT2D eigenvalue weighted by Crippen LogP contribution is 2.66. The van der Waals surface area contributed by atoms with Crippen LogP contribution in [0, 0.1) is 5.41 Å². The van der Waals surface area contributed by atoms with E-state index < -0.39 is 23.1 Å². The van der Waals surface area contributed by atoms with Crippen LogP contribution < -0.4 is 10.1 Å². The molecular weight excluding hydrogens is 310 g/mol. The van der Waals surface area contributed by atoms with E-state index >= 15 is 0 Å². The lowest BCUT2D eigenvalue weighted by atomic mass is 9.87. The average Bonchev–Trinajstić information content (AvgIpc) is 3.00. The molecule has 1 fully saturated rings. The zero-order valence-electron chi connectivity index (χ0n) is 15.0. The molecule has 0 aliphatic heterocycles. The molecule has 1 atom stereocenters. The minimum absolute atomic E-state index is 0.341. The first-order valence-corrected chi connectivity index (χ1v) is 7.85. The van der Waals surface area contributed by atoms with Crippen LogP contribution in [0.3, 0.4) is 0 Å². The number of aliphatic carboxylic acids is 1. The van der Waals surface area contributed by atoms with Crippen LogP contribution in [-0.4, -0.2) is 29.9 Å². The van der Waals surface area contributed by atoms with Gasteiger partial charge in [0, 0.05) is 17.3 Å². The second-order valence-electron chi connectivity index (χ2n) is 7.81. The van der Waals surface area contributed by atoms with Gasteiger partial charge in [-0.3, -0.25) is 10.1 Å². The third-order valence-electron chi connectivity index (χ3n) is 4.41. The molecule has 1 unspecified atom stereocenters. The van der Waals surface area contributed by atoms with Crippen molar-refractivity contribution in [3.8, 4) is 5.75 Å². The molecule has 6 nitrogen and oxygen atoms in total. The number of benzene rings is 1. The van der Waals surface area contributed by atoms with E-state index in [1.54, 1.807) is 39.0 Å². The second-order valence-corrected chi connectivity index (χ2v) is 7.81. The first kappa shape index (κ1) is 18.1. The van der Waals surface area contributed by atoms with Gasteiger partial charge in [0.15, 0.2) is 0 Å². The molecule has 1 saturated carbocycles. The Balaban J connectivity index is 2.29. The third kappa shape index (κ3) is 3.18. The van der Waals surface area contributed by atoms with E-state index in [1.165, 1.54) is 7.11 Å². The summed E-state index contributed by atoms with van der Waals surface area (Å²) in [6.07, 6.45) is -0.0261. The van der Waals surface area contributed by atoms with Crippen LogP contribution >= 0.6 is 0 Å². The minimum Gasteiger partial charge on any atom is -0.496 e. The molecule has 1 aliphatic rings. The van der Waals surface area contributed by atoms with Gasteiger partial charge < -0.3 is 14.6 Å². The van der Waals surface area contributed by atoms with Crippen molar-refractivity contribution in [2.75, 3.05) is 12.4 Å². The quantitative estimate of drug-likeness (QED) is 0.874. The van der Waals surface area contributed by atoms with Crippen LogP contribution in [-0.2, 0) is 14.9 Å². The summed E-state index contributed by atoms with van der Waals surface area (Å²) in [5.74, 6) is -0.421. The van der Waals surface area contributed by atoms with Gasteiger partial charge in [-0.15, -0.1) is 0 Å². The van der Waals surface area contributed by atoms with E-state index in [0.29, 0.717) is 23.4 Å². The Bertz CT molecular complexity index is 674. The number of anilines is 1. The minimum atomic E-state index is -0.956. The highest BCUT2D eigenvalue weighted by Gasteiger charge is 2.68. The van der Waals surface area contributed by atoms with Gasteiger partial charge in [-0.1, -0.05) is 19.9 Å². The Labute approximate surface area is 142 Å². The molecule has 1 aliphatic carbocycles. The van der Waals surface area contributed by atoms with E-state index in [1.807, 2.05) is 13.8 Å². The van der Waals surface area contributed by atoms with Gasteiger partial charge in [-0.05, 0) is 38.7 Å². The first-order valence-electron chi connectivity index (χ1n) is 7.85. The number of amides is 1. The maximum absolute atomic E-state index is 11.9. The maximum Gasteiger partial charge on any atom is 0.412 e. The van der Waals surface area contributed by atoms with Crippen LogP contribution in [0.2, 0.25) is 0 Å². The van der Waals surface area contributed by atoms with Gasteiger partial charge in [0.2, 0.25) is 0 Å². The van der Waals surface area contributed by atoms with Crippen molar-refractivity contribution >= 4 is 17.7 Å². The van der Waals surface area contributed by atoms with Crippen molar-refractivity contribution in [2.24, 2.45) is 5.41 Å². The molecule has 1 aromatic carbocycles. The van der Waals surface area contributed by atoms with Gasteiger partial charge in [-0.2, -0.15) is 0 Å². The number of carboxylic acids is 1. The summed E-state index contributed by atoms with van der Waals surface area (Å²) in [6.45, 7) is 9.19. The van der Waals surface area contributed by atoms with Crippen LogP contribution in [0.5, 0.6) is 5.75 Å². The molecule has 1 aromatic rings. The Hall–Kier alpha value is -2.24. The molecule has 1 amide bonds. The summed E-state index contributed by atoms with van der Waals surface area (Å²) in [7, 11) is 1.49. The zero-order chi connectivity index (χ0) is 18.3. The molecule has 6 heteroatoms. The van der Waals surface area contributed by atoms with Crippen LogP contribution in [0.15, 0.2) is 18.2 Å². The van der Waals surface area contributed by atoms with E-state index in [9.17, 15) is 14.7 Å². The van der Waals surface area contributed by atoms with Gasteiger partial charge >= 0.3 is 12.1 Å². The molecule has 0 radical (unpaired) electrons. The third-order valence-corrected chi connectivity index (χ3v) is 4.41. The lowest BCUT2D eigenvalue weighted by Crippen LogP contribution is -2.28. The lowest BCUT2D eigenvalue weighted by Gasteiger charge is -2.21. The van der Waals surface area contributed by atoms with Gasteiger partial charge in [-0.25, -0.2) is 4.79 Å². The molecule has 0 heterocycles. The molecule has 2 N–H and O–H groups in total. The van der Waals surface area contributed by atoms with Crippen molar-refractivity contribution in [3.63, 3.8) is 0 Å². The molecule has 0 bridgehead atoms. The summed E-state index contributed by atoms with van der Waals surface area (Å²) in [6, 6.07) is 4.99. The molecule has 2 rings (SSSR count). The fourth-order valence-electron chi connectivity index (χ4n) is 3.10. The number of hydrogen-bond acceptors (Lipinski definition) is 4. The maximum atomic E-state index is 11.9. The largest absolute Gasteiger partial charge is 0.496 e. The monoisotopic (exact) mass is 335 g/mol. The number of hydrogen-bond donors (Lipinski definition) is 2. The normalized spacial score (nSPS) is 21.8. The number of methoxy groups -OCH3 is 1. The molecule has 24 heavy (non-hydrogen) atoms. The highest BCUT2D eigenvalue weighted by atomic mass is 16.6. The Morgan fingerprint density at radius 3 is 2.25 bits per heavy atom. The highest BCUT2D eigenvalue weighted by molar-refractivity contribution is 5.89. The smallest absolute Gasteiger partial charge is 0.412 e. The fraction of sp³-hybridized carbons (Fsp3) is 0.556. The van der Waals surface area contributed by atoms with E-state index in [2.05, 4.69) is 5.32 Å². The van der Waals surface area contributed by atoms with Crippen LogP contribution in [0.1, 0.15) is 46.6 Å². The Morgan fingerprint density at radius 2 is 1.83 bits per heavy atom. The number of nitrogens with one attached hydrogen (secondary N) is 1. The topological polar surface area (TPSA) is 84.9 Å². The molecular formula is C18H25NO5. The number of carbonyl (C=O) groups excluding carboxylic acids is 1. The van der Waals surface area contributed by atoms with Crippen molar-refractivity contribution in [1.82, 2.24) is 0 Å². The number of ether oxygens (including phenoxy) is 2. The van der Waals surface area contributed by atoms with Crippen molar-refractivity contribution in [1.29, 1.82) is 0 Å². The molecule has 0 aromatic heterocycles. The molecule has 0 spiro atoms. The van der Waals surface area contributed by atoms with E-state index in [-0.39, 0.29) is 5.41 Å². The van der Waals surface area contributed by atoms with E-state index in [4.69, 9.17) is 9.47 Å². The SMILES string of the molecule is COc1cc(NC(=O)OC(C)(C)C)ccc1C1(C(=O)O)CC1(C)C. The van der Waals surface area contributed by atoms with Crippen molar-refractivity contribution in [2.45, 2.75) is 52.1 Å². The van der Waals surface area contributed by atoms with E-state index in [0.717, 1.165) is 0 Å². The van der Waals surface area contributed by atoms with Crippen molar-refractivity contribution in [3.05, 3.63) is 23.8 Å². The molecule has 0 saturated heterocycles. The Kier molecular flexibility index (Phi) is 4.29. The van der Waals surface area contributed by atoms with Crippen LogP contribution in [0.4, 0.5) is 10.5 Å². The molecule has 132 valence electrons. The summed E-state index contributed by atoms with van der Waals surface area (Å²) in [5.41, 5.74) is -0.782. The lowest BCUT2D eigenvalue weighted by molar-refractivity contribution is -0.141. The summed E-state index contributed by atoms with van der Waals surface area (Å²) in [4.78, 5) is 23.7. The second kappa shape index (κ2) is 5.69. The number of carbonyl (C=O) groups is 2. The average molecular weight is 335 g/mol. The standard InChI is InChI=1S/C18H25NO5/c1-16(2,3)24-15(22)19-11-7-8-12(13(9-11)23-6)18(14(20)21)10-17(18,4)5/h7-9H,10H2,1-6H3,(H,19,22)(H,20,21). The summed E-state index contributed by atoms with van der Waals surface area (Å²) in [5, 5.41) is 12.3. The predicted octanol–water partition coefficient (Wildman–Crippen LogP) is 3.79.